The summed E-state index contributed by atoms with van der Waals surface area (Å²) in [6, 6.07) is 19.5. The number of hydrogen-bond acceptors (Lipinski definition) is 6. The van der Waals surface area contributed by atoms with Crippen molar-refractivity contribution in [1.82, 2.24) is 0 Å². The molecule has 0 radical (unpaired) electrons. The van der Waals surface area contributed by atoms with E-state index in [1.165, 1.54) is 13.2 Å². The molecular formula is C23H24N2O5. The Balaban J connectivity index is 1.68. The number of ether oxygens (including phenoxy) is 3. The predicted octanol–water partition coefficient (Wildman–Crippen LogP) is 4.68. The molecule has 3 aromatic carbocycles. The second kappa shape index (κ2) is 9.76. The Labute approximate surface area is 175 Å². The summed E-state index contributed by atoms with van der Waals surface area (Å²) in [4.78, 5) is 11.0. The fraction of sp³-hybridized carbons (Fsp3) is 0.217. The van der Waals surface area contributed by atoms with E-state index in [1.807, 2.05) is 49.4 Å². The van der Waals surface area contributed by atoms with Crippen LogP contribution >= 0.6 is 0 Å². The molecule has 0 saturated heterocycles. The monoisotopic (exact) mass is 408 g/mol. The van der Waals surface area contributed by atoms with Crippen molar-refractivity contribution in [3.8, 4) is 11.5 Å². The zero-order valence-electron chi connectivity index (χ0n) is 16.9. The molecule has 0 amide bonds. The van der Waals surface area contributed by atoms with Crippen molar-refractivity contribution < 1.29 is 19.1 Å². The van der Waals surface area contributed by atoms with Crippen LogP contribution in [0.1, 0.15) is 22.8 Å². The number of nitrogen functional groups attached to an aromatic ring is 1. The lowest BCUT2D eigenvalue weighted by molar-refractivity contribution is -0.386. The van der Waals surface area contributed by atoms with Gasteiger partial charge in [-0.05, 0) is 48.4 Å². The van der Waals surface area contributed by atoms with Crippen molar-refractivity contribution in [3.63, 3.8) is 0 Å². The van der Waals surface area contributed by atoms with Gasteiger partial charge in [0.25, 0.3) is 5.69 Å². The number of anilines is 1. The molecule has 30 heavy (non-hydrogen) atoms. The SMILES string of the molecule is COC(c1cccc(OCCOc2cc(C)ccc2N)c1)c1ccccc1[N+](=O)[O-]. The third-order valence-corrected chi connectivity index (χ3v) is 4.59. The molecule has 0 aromatic heterocycles. The number of benzene rings is 3. The van der Waals surface area contributed by atoms with E-state index in [0.29, 0.717) is 36.0 Å². The maximum Gasteiger partial charge on any atom is 0.275 e. The van der Waals surface area contributed by atoms with Crippen molar-refractivity contribution in [3.05, 3.63) is 93.5 Å². The highest BCUT2D eigenvalue weighted by Crippen LogP contribution is 2.33. The first-order valence-corrected chi connectivity index (χ1v) is 9.47. The van der Waals surface area contributed by atoms with Gasteiger partial charge >= 0.3 is 0 Å². The van der Waals surface area contributed by atoms with Crippen LogP contribution in [0.4, 0.5) is 11.4 Å². The summed E-state index contributed by atoms with van der Waals surface area (Å²) < 4.78 is 17.1. The maximum atomic E-state index is 11.4. The number of para-hydroxylation sites is 1. The number of nitro benzene ring substituents is 1. The van der Waals surface area contributed by atoms with Crippen molar-refractivity contribution >= 4 is 11.4 Å². The summed E-state index contributed by atoms with van der Waals surface area (Å²) in [7, 11) is 1.52. The zero-order valence-corrected chi connectivity index (χ0v) is 16.9. The molecule has 0 spiro atoms. The third kappa shape index (κ3) is 5.07. The predicted molar refractivity (Wildman–Crippen MR) is 115 cm³/mol. The Bertz CT molecular complexity index is 1020. The molecule has 1 unspecified atom stereocenters. The highest BCUT2D eigenvalue weighted by molar-refractivity contribution is 5.53. The van der Waals surface area contributed by atoms with Gasteiger partial charge in [-0.25, -0.2) is 0 Å². The second-order valence-corrected chi connectivity index (χ2v) is 6.74. The van der Waals surface area contributed by atoms with Crippen LogP contribution in [-0.4, -0.2) is 25.2 Å². The average Bonchev–Trinajstić information content (AvgIpc) is 2.75. The largest absolute Gasteiger partial charge is 0.490 e. The number of methoxy groups -OCH3 is 1. The van der Waals surface area contributed by atoms with Crippen LogP contribution in [0.2, 0.25) is 0 Å². The van der Waals surface area contributed by atoms with E-state index in [-0.39, 0.29) is 5.69 Å². The van der Waals surface area contributed by atoms with Gasteiger partial charge in [-0.3, -0.25) is 10.1 Å². The van der Waals surface area contributed by atoms with Gasteiger partial charge in [0.05, 0.1) is 16.2 Å². The van der Waals surface area contributed by atoms with E-state index in [2.05, 4.69) is 0 Å². The van der Waals surface area contributed by atoms with E-state index in [4.69, 9.17) is 19.9 Å². The van der Waals surface area contributed by atoms with Crippen LogP contribution in [-0.2, 0) is 4.74 Å². The van der Waals surface area contributed by atoms with Gasteiger partial charge in [-0.1, -0.05) is 30.3 Å². The minimum atomic E-state index is -0.585. The van der Waals surface area contributed by atoms with Gasteiger partial charge in [0, 0.05) is 13.2 Å². The lowest BCUT2D eigenvalue weighted by atomic mass is 9.99. The molecule has 0 saturated carbocycles. The molecule has 0 aliphatic carbocycles. The minimum Gasteiger partial charge on any atom is -0.490 e. The third-order valence-electron chi connectivity index (χ3n) is 4.59. The molecule has 0 aliphatic rings. The lowest BCUT2D eigenvalue weighted by Crippen LogP contribution is -2.11. The van der Waals surface area contributed by atoms with Crippen LogP contribution in [0.25, 0.3) is 0 Å². The van der Waals surface area contributed by atoms with Crippen LogP contribution in [0.3, 0.4) is 0 Å². The van der Waals surface area contributed by atoms with Gasteiger partial charge in [0.15, 0.2) is 0 Å². The van der Waals surface area contributed by atoms with E-state index in [1.54, 1.807) is 18.2 Å². The molecule has 0 heterocycles. The molecule has 3 rings (SSSR count). The Morgan fingerprint density at radius 2 is 1.77 bits per heavy atom. The van der Waals surface area contributed by atoms with Crippen molar-refractivity contribution in [1.29, 1.82) is 0 Å². The summed E-state index contributed by atoms with van der Waals surface area (Å²) >= 11 is 0. The van der Waals surface area contributed by atoms with Crippen LogP contribution in [0, 0.1) is 17.0 Å². The van der Waals surface area contributed by atoms with Gasteiger partial charge in [0.1, 0.15) is 30.8 Å². The van der Waals surface area contributed by atoms with Crippen LogP contribution in [0.5, 0.6) is 11.5 Å². The van der Waals surface area contributed by atoms with Gasteiger partial charge in [-0.15, -0.1) is 0 Å². The Hall–Kier alpha value is -3.58. The smallest absolute Gasteiger partial charge is 0.275 e. The summed E-state index contributed by atoms with van der Waals surface area (Å²) in [6.07, 6.45) is -0.585. The Morgan fingerprint density at radius 3 is 2.53 bits per heavy atom. The van der Waals surface area contributed by atoms with E-state index in [9.17, 15) is 10.1 Å². The zero-order chi connectivity index (χ0) is 21.5. The first-order valence-electron chi connectivity index (χ1n) is 9.47. The topological polar surface area (TPSA) is 96.8 Å². The van der Waals surface area contributed by atoms with E-state index in [0.717, 1.165) is 11.1 Å². The summed E-state index contributed by atoms with van der Waals surface area (Å²) in [6.45, 7) is 2.62. The molecular weight excluding hydrogens is 384 g/mol. The molecule has 156 valence electrons. The maximum absolute atomic E-state index is 11.4. The van der Waals surface area contributed by atoms with Crippen LogP contribution < -0.4 is 15.2 Å². The second-order valence-electron chi connectivity index (χ2n) is 6.74. The number of rotatable bonds is 9. The van der Waals surface area contributed by atoms with Gasteiger partial charge in [-0.2, -0.15) is 0 Å². The lowest BCUT2D eigenvalue weighted by Gasteiger charge is -2.17. The molecule has 2 N–H and O–H groups in total. The molecule has 0 bridgehead atoms. The molecule has 7 heteroatoms. The standard InChI is InChI=1S/C23H24N2O5/c1-16-10-11-20(24)22(14-16)30-13-12-29-18-7-5-6-17(15-18)23(28-2)19-8-3-4-9-21(19)25(26)27/h3-11,14-15,23H,12-13,24H2,1-2H3. The normalized spacial score (nSPS) is 11.7. The highest BCUT2D eigenvalue weighted by Gasteiger charge is 2.23. The highest BCUT2D eigenvalue weighted by atomic mass is 16.6. The molecule has 1 atom stereocenters. The molecule has 0 fully saturated rings. The molecule has 3 aromatic rings. The van der Waals surface area contributed by atoms with E-state index >= 15 is 0 Å². The van der Waals surface area contributed by atoms with Crippen molar-refractivity contribution in [2.24, 2.45) is 0 Å². The summed E-state index contributed by atoms with van der Waals surface area (Å²) in [5, 5.41) is 11.4. The van der Waals surface area contributed by atoms with Crippen molar-refractivity contribution in [2.45, 2.75) is 13.0 Å². The van der Waals surface area contributed by atoms with Crippen LogP contribution in [0.15, 0.2) is 66.7 Å². The quantitative estimate of drug-likeness (QED) is 0.239. The molecule has 0 aliphatic heterocycles. The summed E-state index contributed by atoms with van der Waals surface area (Å²) in [5.74, 6) is 1.25. The fourth-order valence-corrected chi connectivity index (χ4v) is 3.16. The van der Waals surface area contributed by atoms with E-state index < -0.39 is 11.0 Å². The van der Waals surface area contributed by atoms with Gasteiger partial charge in [0.2, 0.25) is 0 Å². The summed E-state index contributed by atoms with van der Waals surface area (Å²) in [5.41, 5.74) is 8.81. The first kappa shape index (κ1) is 21.1. The van der Waals surface area contributed by atoms with Gasteiger partial charge < -0.3 is 19.9 Å². The first-order chi connectivity index (χ1) is 14.5. The Kier molecular flexibility index (Phi) is 6.87. The number of nitrogens with two attached hydrogens (primary N) is 1. The van der Waals surface area contributed by atoms with Crippen molar-refractivity contribution in [2.75, 3.05) is 26.1 Å². The fourth-order valence-electron chi connectivity index (χ4n) is 3.16. The number of nitro groups is 1. The number of nitrogens with zero attached hydrogens (tertiary/aromatic N) is 1. The minimum absolute atomic E-state index is 0.0137. The Morgan fingerprint density at radius 1 is 1.00 bits per heavy atom. The number of aryl methyl sites for hydroxylation is 1. The molecule has 7 nitrogen and oxygen atoms in total. The number of hydrogen-bond donors (Lipinski definition) is 1. The average molecular weight is 408 g/mol.